The van der Waals surface area contributed by atoms with Crippen molar-refractivity contribution in [3.63, 3.8) is 0 Å². The molecule has 24 heavy (non-hydrogen) atoms. The molecule has 1 unspecified atom stereocenters. The van der Waals surface area contributed by atoms with Gasteiger partial charge in [-0.05, 0) is 45.2 Å². The zero-order valence-electron chi connectivity index (χ0n) is 14.1. The molecule has 1 fully saturated rings. The molecule has 0 bridgehead atoms. The summed E-state index contributed by atoms with van der Waals surface area (Å²) in [5, 5.41) is 0.432. The highest BCUT2D eigenvalue weighted by molar-refractivity contribution is 5.94. The zero-order chi connectivity index (χ0) is 17.1. The SMILES string of the molecule is CCOC(=O)c1cc2c(=O)n(CC3CCCCO3)ccc2nc1C. The Morgan fingerprint density at radius 1 is 1.46 bits per heavy atom. The number of hydrogen-bond donors (Lipinski definition) is 0. The maximum absolute atomic E-state index is 12.8. The van der Waals surface area contributed by atoms with Crippen LogP contribution >= 0.6 is 0 Å². The lowest BCUT2D eigenvalue weighted by Crippen LogP contribution is -2.30. The Hall–Kier alpha value is -2.21. The van der Waals surface area contributed by atoms with Crippen molar-refractivity contribution in [3.8, 4) is 0 Å². The molecule has 6 nitrogen and oxygen atoms in total. The smallest absolute Gasteiger partial charge is 0.339 e. The van der Waals surface area contributed by atoms with Crippen LogP contribution in [0.4, 0.5) is 0 Å². The van der Waals surface area contributed by atoms with Gasteiger partial charge in [0, 0.05) is 12.8 Å². The second kappa shape index (κ2) is 7.13. The third-order valence-electron chi connectivity index (χ3n) is 4.32. The number of esters is 1. The number of ether oxygens (including phenoxy) is 2. The molecule has 128 valence electrons. The minimum Gasteiger partial charge on any atom is -0.462 e. The van der Waals surface area contributed by atoms with Crippen LogP contribution in [0.5, 0.6) is 0 Å². The number of pyridine rings is 2. The molecule has 1 atom stereocenters. The molecule has 3 heterocycles. The van der Waals surface area contributed by atoms with Gasteiger partial charge in [0.1, 0.15) is 0 Å². The Kier molecular flexibility index (Phi) is 4.94. The average molecular weight is 330 g/mol. The van der Waals surface area contributed by atoms with E-state index in [1.54, 1.807) is 30.7 Å². The third-order valence-corrected chi connectivity index (χ3v) is 4.32. The molecule has 2 aromatic heterocycles. The number of nitrogens with zero attached hydrogens (tertiary/aromatic N) is 2. The average Bonchev–Trinajstić information content (AvgIpc) is 2.58. The molecule has 2 aromatic rings. The van der Waals surface area contributed by atoms with Crippen molar-refractivity contribution in [1.29, 1.82) is 0 Å². The van der Waals surface area contributed by atoms with E-state index in [9.17, 15) is 9.59 Å². The van der Waals surface area contributed by atoms with E-state index in [-0.39, 0.29) is 18.3 Å². The first-order valence-corrected chi connectivity index (χ1v) is 8.39. The fourth-order valence-corrected chi connectivity index (χ4v) is 3.04. The summed E-state index contributed by atoms with van der Waals surface area (Å²) in [6.07, 6.45) is 4.98. The van der Waals surface area contributed by atoms with Crippen LogP contribution in [0.2, 0.25) is 0 Å². The number of hydrogen-bond acceptors (Lipinski definition) is 5. The van der Waals surface area contributed by atoms with Gasteiger partial charge >= 0.3 is 5.97 Å². The van der Waals surface area contributed by atoms with Gasteiger partial charge in [-0.25, -0.2) is 4.79 Å². The van der Waals surface area contributed by atoms with Crippen molar-refractivity contribution >= 4 is 16.9 Å². The van der Waals surface area contributed by atoms with Crippen molar-refractivity contribution in [2.45, 2.75) is 45.8 Å². The van der Waals surface area contributed by atoms with Crippen molar-refractivity contribution in [3.05, 3.63) is 39.9 Å². The van der Waals surface area contributed by atoms with Crippen molar-refractivity contribution in [1.82, 2.24) is 9.55 Å². The molecule has 3 rings (SSSR count). The molecule has 0 radical (unpaired) electrons. The molecule has 0 amide bonds. The Labute approximate surface area is 140 Å². The third kappa shape index (κ3) is 3.33. The molecule has 0 aromatic carbocycles. The number of rotatable bonds is 4. The summed E-state index contributed by atoms with van der Waals surface area (Å²) >= 11 is 0. The molecule has 1 saturated heterocycles. The van der Waals surface area contributed by atoms with E-state index in [1.165, 1.54) is 0 Å². The molecule has 0 spiro atoms. The summed E-state index contributed by atoms with van der Waals surface area (Å²) < 4.78 is 12.4. The van der Waals surface area contributed by atoms with Gasteiger partial charge < -0.3 is 14.0 Å². The Morgan fingerprint density at radius 3 is 3.00 bits per heavy atom. The Morgan fingerprint density at radius 2 is 2.29 bits per heavy atom. The number of fused-ring (bicyclic) bond motifs is 1. The number of aryl methyl sites for hydroxylation is 1. The summed E-state index contributed by atoms with van der Waals surface area (Å²) in [5.74, 6) is -0.449. The highest BCUT2D eigenvalue weighted by Gasteiger charge is 2.18. The molecule has 1 aliphatic rings. The van der Waals surface area contributed by atoms with E-state index in [1.807, 2.05) is 6.07 Å². The molecule has 1 aliphatic heterocycles. The summed E-state index contributed by atoms with van der Waals surface area (Å²) in [5.41, 5.74) is 1.34. The standard InChI is InChI=1S/C18H22N2O4/c1-3-23-18(22)14-10-15-16(19-12(14)2)7-8-20(17(15)21)11-13-6-4-5-9-24-13/h7-8,10,13H,3-6,9,11H2,1-2H3. The van der Waals surface area contributed by atoms with Crippen molar-refractivity contribution in [2.75, 3.05) is 13.2 Å². The van der Waals surface area contributed by atoms with Crippen LogP contribution in [0.15, 0.2) is 23.1 Å². The maximum Gasteiger partial charge on any atom is 0.339 e. The largest absolute Gasteiger partial charge is 0.462 e. The molecule has 0 N–H and O–H groups in total. The lowest BCUT2D eigenvalue weighted by Gasteiger charge is -2.23. The second-order valence-corrected chi connectivity index (χ2v) is 6.04. The predicted molar refractivity (Wildman–Crippen MR) is 90.3 cm³/mol. The first kappa shape index (κ1) is 16.6. The van der Waals surface area contributed by atoms with Crippen molar-refractivity contribution in [2.24, 2.45) is 0 Å². The molecule has 0 aliphatic carbocycles. The minimum absolute atomic E-state index is 0.0665. The van der Waals surface area contributed by atoms with Gasteiger partial charge in [0.2, 0.25) is 0 Å². The molecule has 0 saturated carbocycles. The van der Waals surface area contributed by atoms with Gasteiger partial charge in [-0.15, -0.1) is 0 Å². The van der Waals surface area contributed by atoms with E-state index in [4.69, 9.17) is 9.47 Å². The van der Waals surface area contributed by atoms with Crippen molar-refractivity contribution < 1.29 is 14.3 Å². The van der Waals surface area contributed by atoms with Crippen LogP contribution in [0.25, 0.3) is 10.9 Å². The summed E-state index contributed by atoms with van der Waals surface area (Å²) in [6, 6.07) is 3.40. The van der Waals surface area contributed by atoms with E-state index < -0.39 is 5.97 Å². The van der Waals surface area contributed by atoms with E-state index >= 15 is 0 Å². The van der Waals surface area contributed by atoms with Gasteiger partial charge in [0.05, 0.1) is 41.4 Å². The first-order valence-electron chi connectivity index (χ1n) is 8.39. The topological polar surface area (TPSA) is 70.4 Å². The lowest BCUT2D eigenvalue weighted by molar-refractivity contribution is 0.00550. The maximum atomic E-state index is 12.8. The van der Waals surface area contributed by atoms with Gasteiger partial charge in [-0.1, -0.05) is 0 Å². The Balaban J connectivity index is 1.98. The van der Waals surface area contributed by atoms with Crippen LogP contribution in [0.1, 0.15) is 42.2 Å². The fourth-order valence-electron chi connectivity index (χ4n) is 3.04. The highest BCUT2D eigenvalue weighted by atomic mass is 16.5. The van der Waals surface area contributed by atoms with E-state index in [0.29, 0.717) is 28.7 Å². The highest BCUT2D eigenvalue weighted by Crippen LogP contribution is 2.17. The van der Waals surface area contributed by atoms with Crippen LogP contribution in [0.3, 0.4) is 0 Å². The van der Waals surface area contributed by atoms with Crippen LogP contribution in [-0.2, 0) is 16.0 Å². The van der Waals surface area contributed by atoms with Gasteiger partial charge in [-0.2, -0.15) is 0 Å². The second-order valence-electron chi connectivity index (χ2n) is 6.04. The van der Waals surface area contributed by atoms with Gasteiger partial charge in [0.15, 0.2) is 0 Å². The monoisotopic (exact) mass is 330 g/mol. The molecular weight excluding hydrogens is 308 g/mol. The lowest BCUT2D eigenvalue weighted by atomic mass is 10.1. The molecule has 6 heteroatoms. The number of carbonyl (C=O) groups excluding carboxylic acids is 1. The number of aromatic nitrogens is 2. The van der Waals surface area contributed by atoms with Crippen LogP contribution in [-0.4, -0.2) is 34.8 Å². The van der Waals surface area contributed by atoms with Gasteiger partial charge in [-0.3, -0.25) is 9.78 Å². The zero-order valence-corrected chi connectivity index (χ0v) is 14.1. The van der Waals surface area contributed by atoms with Crippen LogP contribution < -0.4 is 5.56 Å². The summed E-state index contributed by atoms with van der Waals surface area (Å²) in [4.78, 5) is 29.2. The normalized spacial score (nSPS) is 17.8. The van der Waals surface area contributed by atoms with Crippen LogP contribution in [0, 0.1) is 6.92 Å². The number of carbonyl (C=O) groups is 1. The fraction of sp³-hybridized carbons (Fsp3) is 0.500. The Bertz CT molecular complexity index is 807. The predicted octanol–water partition coefficient (Wildman–Crippen LogP) is 2.45. The van der Waals surface area contributed by atoms with E-state index in [0.717, 1.165) is 25.9 Å². The van der Waals surface area contributed by atoms with E-state index in [2.05, 4.69) is 4.98 Å². The summed E-state index contributed by atoms with van der Waals surface area (Å²) in [7, 11) is 0. The minimum atomic E-state index is -0.449. The quantitative estimate of drug-likeness (QED) is 0.805. The van der Waals surface area contributed by atoms with Gasteiger partial charge in [0.25, 0.3) is 5.56 Å². The first-order chi connectivity index (χ1) is 11.6. The summed E-state index contributed by atoms with van der Waals surface area (Å²) in [6.45, 7) is 5.05. The molecular formula is C18H22N2O4.